The number of methoxy groups -OCH3 is 1. The Morgan fingerprint density at radius 3 is 2.46 bits per heavy atom. The molecule has 1 amide bonds. The summed E-state index contributed by atoms with van der Waals surface area (Å²) >= 11 is 0. The summed E-state index contributed by atoms with van der Waals surface area (Å²) in [5.41, 5.74) is 0.971. The lowest BCUT2D eigenvalue weighted by atomic mass is 9.86. The Kier molecular flexibility index (Phi) is 3.67. The molecule has 3 N–H and O–H groups in total. The summed E-state index contributed by atoms with van der Waals surface area (Å²) in [6, 6.07) is 19.2. The van der Waals surface area contributed by atoms with Gasteiger partial charge in [0, 0.05) is 16.8 Å². The standard InChI is InChI=1S/C21H17NO4/c1-26-15-6-4-5-13(11-15)14-9-10-16-18(12-14)22-20(24)21(16,25)17-7-2-3-8-19(17)23/h2-12,23,25H,1H3,(H,22,24). The molecule has 1 heterocycles. The Morgan fingerprint density at radius 1 is 0.923 bits per heavy atom. The first-order valence-electron chi connectivity index (χ1n) is 8.15. The van der Waals surface area contributed by atoms with Gasteiger partial charge in [-0.25, -0.2) is 0 Å². The lowest BCUT2D eigenvalue weighted by Crippen LogP contribution is -2.35. The molecule has 5 nitrogen and oxygen atoms in total. The third-order valence-corrected chi connectivity index (χ3v) is 4.68. The van der Waals surface area contributed by atoms with E-state index in [1.807, 2.05) is 30.3 Å². The number of carbonyl (C=O) groups is 1. The quantitative estimate of drug-likeness (QED) is 0.679. The molecule has 0 saturated carbocycles. The predicted molar refractivity (Wildman–Crippen MR) is 98.2 cm³/mol. The van der Waals surface area contributed by atoms with Crippen LogP contribution in [-0.4, -0.2) is 23.2 Å². The second-order valence-electron chi connectivity index (χ2n) is 6.17. The third-order valence-electron chi connectivity index (χ3n) is 4.68. The second kappa shape index (κ2) is 5.89. The van der Waals surface area contributed by atoms with Crippen molar-refractivity contribution in [3.63, 3.8) is 0 Å². The molecule has 1 unspecified atom stereocenters. The van der Waals surface area contributed by atoms with Gasteiger partial charge in [-0.05, 0) is 35.4 Å². The van der Waals surface area contributed by atoms with Crippen molar-refractivity contribution in [2.45, 2.75) is 5.60 Å². The van der Waals surface area contributed by atoms with Crippen molar-refractivity contribution in [3.8, 4) is 22.6 Å². The zero-order valence-electron chi connectivity index (χ0n) is 14.1. The molecule has 0 radical (unpaired) electrons. The first-order valence-corrected chi connectivity index (χ1v) is 8.15. The minimum absolute atomic E-state index is 0.130. The maximum Gasteiger partial charge on any atom is 0.266 e. The molecule has 3 aromatic rings. The number of phenolic OH excluding ortho intramolecular Hbond substituents is 1. The molecular formula is C21H17NO4. The van der Waals surface area contributed by atoms with Gasteiger partial charge in [0.2, 0.25) is 0 Å². The number of carbonyl (C=O) groups excluding carboxylic acids is 1. The summed E-state index contributed by atoms with van der Waals surface area (Å²) < 4.78 is 5.25. The highest BCUT2D eigenvalue weighted by atomic mass is 16.5. The average Bonchev–Trinajstić information content (AvgIpc) is 2.92. The molecule has 0 aromatic heterocycles. The number of hydrogen-bond donors (Lipinski definition) is 3. The van der Waals surface area contributed by atoms with E-state index in [0.29, 0.717) is 11.3 Å². The fraction of sp³-hybridized carbons (Fsp3) is 0.0952. The van der Waals surface area contributed by atoms with Gasteiger partial charge in [0.15, 0.2) is 5.60 Å². The van der Waals surface area contributed by atoms with Crippen molar-refractivity contribution in [2.75, 3.05) is 12.4 Å². The van der Waals surface area contributed by atoms with Gasteiger partial charge < -0.3 is 20.3 Å². The van der Waals surface area contributed by atoms with Crippen LogP contribution in [0.1, 0.15) is 11.1 Å². The molecule has 26 heavy (non-hydrogen) atoms. The number of fused-ring (bicyclic) bond motifs is 1. The predicted octanol–water partition coefficient (Wildman–Crippen LogP) is 3.26. The van der Waals surface area contributed by atoms with E-state index >= 15 is 0 Å². The zero-order valence-corrected chi connectivity index (χ0v) is 14.1. The number of nitrogens with one attached hydrogen (secondary N) is 1. The second-order valence-corrected chi connectivity index (χ2v) is 6.17. The van der Waals surface area contributed by atoms with Gasteiger partial charge >= 0.3 is 0 Å². The van der Waals surface area contributed by atoms with Crippen molar-refractivity contribution < 1.29 is 19.7 Å². The molecule has 0 saturated heterocycles. The van der Waals surface area contributed by atoms with Crippen LogP contribution in [0.25, 0.3) is 11.1 Å². The highest BCUT2D eigenvalue weighted by molar-refractivity contribution is 6.08. The molecule has 0 spiro atoms. The summed E-state index contributed by atoms with van der Waals surface area (Å²) in [4.78, 5) is 12.6. The molecule has 1 aliphatic rings. The number of para-hydroxylation sites is 1. The number of rotatable bonds is 3. The van der Waals surface area contributed by atoms with Crippen molar-refractivity contribution in [3.05, 3.63) is 77.9 Å². The van der Waals surface area contributed by atoms with Gasteiger partial charge in [0.1, 0.15) is 11.5 Å². The van der Waals surface area contributed by atoms with Crippen LogP contribution in [0.3, 0.4) is 0 Å². The Hall–Kier alpha value is -3.31. The first-order chi connectivity index (χ1) is 12.5. The van der Waals surface area contributed by atoms with Crippen LogP contribution < -0.4 is 10.1 Å². The number of benzene rings is 3. The van der Waals surface area contributed by atoms with E-state index in [1.54, 1.807) is 37.4 Å². The van der Waals surface area contributed by atoms with Crippen molar-refractivity contribution in [1.29, 1.82) is 0 Å². The molecular weight excluding hydrogens is 330 g/mol. The molecule has 1 aliphatic heterocycles. The topological polar surface area (TPSA) is 78.8 Å². The Bertz CT molecular complexity index is 1010. The molecule has 0 bridgehead atoms. The summed E-state index contributed by atoms with van der Waals surface area (Å²) in [5.74, 6) is 0.0180. The summed E-state index contributed by atoms with van der Waals surface area (Å²) in [6.45, 7) is 0. The van der Waals surface area contributed by atoms with E-state index in [9.17, 15) is 15.0 Å². The minimum atomic E-state index is -1.92. The van der Waals surface area contributed by atoms with Gasteiger partial charge in [0.05, 0.1) is 7.11 Å². The van der Waals surface area contributed by atoms with Gasteiger partial charge in [0.25, 0.3) is 5.91 Å². The van der Waals surface area contributed by atoms with Crippen LogP contribution in [0.4, 0.5) is 5.69 Å². The number of amides is 1. The highest BCUT2D eigenvalue weighted by Crippen LogP contribution is 2.45. The van der Waals surface area contributed by atoms with E-state index in [4.69, 9.17) is 4.74 Å². The first kappa shape index (κ1) is 16.2. The fourth-order valence-electron chi connectivity index (χ4n) is 3.33. The molecule has 130 valence electrons. The molecule has 4 rings (SSSR count). The zero-order chi connectivity index (χ0) is 18.3. The largest absolute Gasteiger partial charge is 0.508 e. The van der Waals surface area contributed by atoms with E-state index in [2.05, 4.69) is 5.32 Å². The number of aromatic hydroxyl groups is 1. The summed E-state index contributed by atoms with van der Waals surface area (Å²) in [5, 5.41) is 24.0. The minimum Gasteiger partial charge on any atom is -0.508 e. The fourth-order valence-corrected chi connectivity index (χ4v) is 3.33. The van der Waals surface area contributed by atoms with E-state index in [0.717, 1.165) is 16.9 Å². The van der Waals surface area contributed by atoms with Crippen LogP contribution in [0.2, 0.25) is 0 Å². The van der Waals surface area contributed by atoms with Crippen LogP contribution in [0.15, 0.2) is 66.7 Å². The lowest BCUT2D eigenvalue weighted by Gasteiger charge is -2.22. The van der Waals surface area contributed by atoms with Gasteiger partial charge in [-0.2, -0.15) is 0 Å². The maximum atomic E-state index is 12.6. The van der Waals surface area contributed by atoms with Crippen LogP contribution >= 0.6 is 0 Å². The smallest absolute Gasteiger partial charge is 0.266 e. The SMILES string of the molecule is COc1cccc(-c2ccc3c(c2)NC(=O)C3(O)c2ccccc2O)c1. The van der Waals surface area contributed by atoms with E-state index < -0.39 is 11.5 Å². The number of hydrogen-bond acceptors (Lipinski definition) is 4. The maximum absolute atomic E-state index is 12.6. The van der Waals surface area contributed by atoms with Gasteiger partial charge in [-0.15, -0.1) is 0 Å². The van der Waals surface area contributed by atoms with Crippen LogP contribution in [0, 0.1) is 0 Å². The van der Waals surface area contributed by atoms with Crippen LogP contribution in [0.5, 0.6) is 11.5 Å². The average molecular weight is 347 g/mol. The summed E-state index contributed by atoms with van der Waals surface area (Å²) in [6.07, 6.45) is 0. The lowest BCUT2D eigenvalue weighted by molar-refractivity contribution is -0.129. The molecule has 1 atom stereocenters. The van der Waals surface area contributed by atoms with Crippen LogP contribution in [-0.2, 0) is 10.4 Å². The molecule has 0 fully saturated rings. The van der Waals surface area contributed by atoms with Crippen molar-refractivity contribution >= 4 is 11.6 Å². The Morgan fingerprint density at radius 2 is 1.69 bits per heavy atom. The van der Waals surface area contributed by atoms with Gasteiger partial charge in [-0.1, -0.05) is 42.5 Å². The van der Waals surface area contributed by atoms with E-state index in [-0.39, 0.29) is 11.3 Å². The number of ether oxygens (including phenoxy) is 1. The Balaban J connectivity index is 1.83. The monoisotopic (exact) mass is 347 g/mol. The Labute approximate surface area is 150 Å². The molecule has 5 heteroatoms. The van der Waals surface area contributed by atoms with Gasteiger partial charge in [-0.3, -0.25) is 4.79 Å². The van der Waals surface area contributed by atoms with E-state index in [1.165, 1.54) is 6.07 Å². The van der Waals surface area contributed by atoms with Crippen molar-refractivity contribution in [1.82, 2.24) is 0 Å². The number of aliphatic hydroxyl groups is 1. The third kappa shape index (κ3) is 2.33. The normalized spacial score (nSPS) is 18.3. The molecule has 0 aliphatic carbocycles. The van der Waals surface area contributed by atoms with Crippen molar-refractivity contribution in [2.24, 2.45) is 0 Å². The highest BCUT2D eigenvalue weighted by Gasteiger charge is 2.48. The number of anilines is 1. The number of phenols is 1. The molecule has 3 aromatic carbocycles. The summed E-state index contributed by atoms with van der Waals surface area (Å²) in [7, 11) is 1.61.